The highest BCUT2D eigenvalue weighted by molar-refractivity contribution is 5.95. The van der Waals surface area contributed by atoms with Gasteiger partial charge in [-0.1, -0.05) is 6.07 Å². The van der Waals surface area contributed by atoms with Crippen molar-refractivity contribution in [3.63, 3.8) is 0 Å². The van der Waals surface area contributed by atoms with Crippen LogP contribution < -0.4 is 10.6 Å². The second-order valence-electron chi connectivity index (χ2n) is 10.8. The number of H-pyrrole nitrogens is 1. The van der Waals surface area contributed by atoms with Gasteiger partial charge in [-0.25, -0.2) is 13.8 Å². The molecular weight excluding hydrogens is 535 g/mol. The number of halogens is 5. The molecule has 216 valence electrons. The predicted octanol–water partition coefficient (Wildman–Crippen LogP) is 5.52. The second-order valence-corrected chi connectivity index (χ2v) is 10.8. The quantitative estimate of drug-likeness (QED) is 0.312. The molecule has 8 nitrogen and oxygen atoms in total. The van der Waals surface area contributed by atoms with E-state index < -0.39 is 42.9 Å². The minimum Gasteiger partial charge on any atom is -0.350 e. The number of alkyl halides is 5. The summed E-state index contributed by atoms with van der Waals surface area (Å²) in [5.74, 6) is -3.61. The number of benzene rings is 1. The highest BCUT2D eigenvalue weighted by Gasteiger charge is 2.40. The molecule has 40 heavy (non-hydrogen) atoms. The van der Waals surface area contributed by atoms with Gasteiger partial charge in [0, 0.05) is 25.8 Å². The Morgan fingerprint density at radius 3 is 2.67 bits per heavy atom. The van der Waals surface area contributed by atoms with Crippen LogP contribution in [-0.2, 0) is 17.8 Å². The Balaban J connectivity index is 1.36. The van der Waals surface area contributed by atoms with E-state index in [1.54, 1.807) is 29.8 Å². The zero-order valence-electron chi connectivity index (χ0n) is 22.0. The SMILES string of the molecule is C[C@@H](NC(=O)CCC(F)(F)F)c1ccc2nc([C@@H](NC(=O)c3cnn4c3CCC4)C3CCC(F)(F)CC3)[nH]c2c1. The Morgan fingerprint density at radius 1 is 1.20 bits per heavy atom. The van der Waals surface area contributed by atoms with E-state index >= 15 is 0 Å². The van der Waals surface area contributed by atoms with Crippen LogP contribution in [0.3, 0.4) is 0 Å². The van der Waals surface area contributed by atoms with Gasteiger partial charge in [0.25, 0.3) is 5.91 Å². The highest BCUT2D eigenvalue weighted by Crippen LogP contribution is 2.41. The average molecular weight is 567 g/mol. The molecule has 0 radical (unpaired) electrons. The number of imidazole rings is 1. The summed E-state index contributed by atoms with van der Waals surface area (Å²) in [5, 5.41) is 9.89. The van der Waals surface area contributed by atoms with Crippen LogP contribution in [0.15, 0.2) is 24.4 Å². The number of aromatic amines is 1. The smallest absolute Gasteiger partial charge is 0.350 e. The van der Waals surface area contributed by atoms with Gasteiger partial charge < -0.3 is 15.6 Å². The summed E-state index contributed by atoms with van der Waals surface area (Å²) >= 11 is 0. The molecule has 0 unspecified atom stereocenters. The van der Waals surface area contributed by atoms with Gasteiger partial charge in [-0.3, -0.25) is 14.3 Å². The molecule has 3 heterocycles. The Kier molecular flexibility index (Phi) is 7.58. The Hall–Kier alpha value is -3.51. The van der Waals surface area contributed by atoms with Crippen molar-refractivity contribution in [3.05, 3.63) is 47.0 Å². The maximum atomic E-state index is 14.0. The lowest BCUT2D eigenvalue weighted by Crippen LogP contribution is -2.38. The summed E-state index contributed by atoms with van der Waals surface area (Å²) in [6.07, 6.45) is -3.22. The first-order chi connectivity index (χ1) is 18.9. The number of aromatic nitrogens is 4. The van der Waals surface area contributed by atoms with Gasteiger partial charge in [-0.15, -0.1) is 0 Å². The van der Waals surface area contributed by atoms with Gasteiger partial charge in [0.05, 0.1) is 47.0 Å². The molecule has 3 N–H and O–H groups in total. The van der Waals surface area contributed by atoms with Gasteiger partial charge in [0.1, 0.15) is 5.82 Å². The number of carbonyl (C=O) groups is 2. The standard InChI is InChI=1S/C27H31F5N6O2/c1-15(34-22(39)8-11-27(30,31)32)17-4-5-19-20(13-17)36-24(35-19)23(16-6-9-26(28,29)10-7-16)37-25(40)18-14-33-38-12-2-3-21(18)38/h4-5,13-16,23H,2-3,6-12H2,1H3,(H,34,39)(H,35,36)(H,37,40)/t15-,23+/m1/s1. The summed E-state index contributed by atoms with van der Waals surface area (Å²) in [6.45, 7) is 2.41. The summed E-state index contributed by atoms with van der Waals surface area (Å²) in [5.41, 5.74) is 3.14. The van der Waals surface area contributed by atoms with E-state index in [0.717, 1.165) is 25.1 Å². The summed E-state index contributed by atoms with van der Waals surface area (Å²) in [6, 6.07) is 3.96. The summed E-state index contributed by atoms with van der Waals surface area (Å²) < 4.78 is 67.1. The highest BCUT2D eigenvalue weighted by atomic mass is 19.4. The lowest BCUT2D eigenvalue weighted by molar-refractivity contribution is -0.144. The minimum absolute atomic E-state index is 0.216. The molecule has 2 amide bonds. The Labute approximate surface area is 227 Å². The van der Waals surface area contributed by atoms with E-state index in [1.807, 2.05) is 0 Å². The van der Waals surface area contributed by atoms with E-state index in [0.29, 0.717) is 28.0 Å². The molecule has 13 heteroatoms. The van der Waals surface area contributed by atoms with E-state index in [4.69, 9.17) is 0 Å². The third-order valence-electron chi connectivity index (χ3n) is 7.83. The molecule has 0 spiro atoms. The van der Waals surface area contributed by atoms with Crippen LogP contribution in [0.5, 0.6) is 0 Å². The monoisotopic (exact) mass is 566 g/mol. The van der Waals surface area contributed by atoms with Gasteiger partial charge in [0.2, 0.25) is 11.8 Å². The van der Waals surface area contributed by atoms with Gasteiger partial charge in [0.15, 0.2) is 0 Å². The van der Waals surface area contributed by atoms with Gasteiger partial charge in [-0.2, -0.15) is 18.3 Å². The molecule has 2 aromatic heterocycles. The number of hydrogen-bond donors (Lipinski definition) is 3. The number of nitrogens with zero attached hydrogens (tertiary/aromatic N) is 3. The fraction of sp³-hybridized carbons (Fsp3) is 0.556. The van der Waals surface area contributed by atoms with Crippen molar-refractivity contribution in [2.24, 2.45) is 5.92 Å². The maximum absolute atomic E-state index is 14.0. The van der Waals surface area contributed by atoms with E-state index in [2.05, 4.69) is 25.7 Å². The zero-order valence-corrected chi connectivity index (χ0v) is 22.0. The topological polar surface area (TPSA) is 105 Å². The van der Waals surface area contributed by atoms with E-state index in [9.17, 15) is 31.5 Å². The van der Waals surface area contributed by atoms with Gasteiger partial charge in [-0.05, 0) is 56.2 Å². The largest absolute Gasteiger partial charge is 0.389 e. The molecule has 1 fully saturated rings. The van der Waals surface area contributed by atoms with Crippen LogP contribution >= 0.6 is 0 Å². The first kappa shape index (κ1) is 28.0. The van der Waals surface area contributed by atoms with Crippen molar-refractivity contribution >= 4 is 22.8 Å². The number of hydrogen-bond acceptors (Lipinski definition) is 4. The summed E-state index contributed by atoms with van der Waals surface area (Å²) in [4.78, 5) is 33.2. The fourth-order valence-corrected chi connectivity index (χ4v) is 5.59. The van der Waals surface area contributed by atoms with Crippen LogP contribution in [0.1, 0.15) is 91.4 Å². The van der Waals surface area contributed by atoms with Crippen LogP contribution in [-0.4, -0.2) is 43.7 Å². The molecule has 2 atom stereocenters. The lowest BCUT2D eigenvalue weighted by atomic mass is 9.81. The number of nitrogens with one attached hydrogen (secondary N) is 3. The first-order valence-electron chi connectivity index (χ1n) is 13.5. The van der Waals surface area contributed by atoms with Crippen LogP contribution in [0, 0.1) is 5.92 Å². The molecule has 1 aromatic carbocycles. The van der Waals surface area contributed by atoms with Crippen molar-refractivity contribution < 1.29 is 31.5 Å². The van der Waals surface area contributed by atoms with Crippen molar-refractivity contribution in [2.75, 3.05) is 0 Å². The molecular formula is C27H31F5N6O2. The van der Waals surface area contributed by atoms with Crippen molar-refractivity contribution in [1.82, 2.24) is 30.4 Å². The van der Waals surface area contributed by atoms with Crippen LogP contribution in [0.4, 0.5) is 22.0 Å². The van der Waals surface area contributed by atoms with Crippen LogP contribution in [0.2, 0.25) is 0 Å². The Bertz CT molecular complexity index is 1390. The molecule has 5 rings (SSSR count). The lowest BCUT2D eigenvalue weighted by Gasteiger charge is -2.33. The average Bonchev–Trinajstić information content (AvgIpc) is 3.61. The van der Waals surface area contributed by atoms with Crippen molar-refractivity contribution in [1.29, 1.82) is 0 Å². The van der Waals surface area contributed by atoms with E-state index in [-0.39, 0.29) is 37.5 Å². The maximum Gasteiger partial charge on any atom is 0.389 e. The van der Waals surface area contributed by atoms with E-state index in [1.165, 1.54) is 6.20 Å². The number of aryl methyl sites for hydroxylation is 1. The minimum atomic E-state index is -4.41. The molecule has 0 bridgehead atoms. The summed E-state index contributed by atoms with van der Waals surface area (Å²) in [7, 11) is 0. The molecule has 1 saturated carbocycles. The van der Waals surface area contributed by atoms with Crippen molar-refractivity contribution in [3.8, 4) is 0 Å². The fourth-order valence-electron chi connectivity index (χ4n) is 5.59. The first-order valence-corrected chi connectivity index (χ1v) is 13.5. The number of rotatable bonds is 8. The third-order valence-corrected chi connectivity index (χ3v) is 7.83. The third kappa shape index (κ3) is 6.28. The molecule has 0 saturated heterocycles. The zero-order chi connectivity index (χ0) is 28.7. The molecule has 3 aromatic rings. The predicted molar refractivity (Wildman–Crippen MR) is 136 cm³/mol. The molecule has 1 aliphatic carbocycles. The van der Waals surface area contributed by atoms with Crippen molar-refractivity contribution in [2.45, 2.75) is 89.0 Å². The number of carbonyl (C=O) groups excluding carboxylic acids is 2. The van der Waals surface area contributed by atoms with Gasteiger partial charge >= 0.3 is 6.18 Å². The molecule has 2 aliphatic rings. The molecule has 1 aliphatic heterocycles. The number of amides is 2. The number of fused-ring (bicyclic) bond motifs is 2. The Morgan fingerprint density at radius 2 is 1.95 bits per heavy atom. The van der Waals surface area contributed by atoms with Crippen LogP contribution in [0.25, 0.3) is 11.0 Å². The normalized spacial score (nSPS) is 18.9. The second kappa shape index (κ2) is 10.8.